The number of fused-ring (bicyclic) bond motifs is 1. The van der Waals surface area contributed by atoms with E-state index >= 15 is 0 Å². The van der Waals surface area contributed by atoms with E-state index in [4.69, 9.17) is 21.1 Å². The Balaban J connectivity index is 1.10. The number of nitrogens with one attached hydrogen (secondary N) is 3. The summed E-state index contributed by atoms with van der Waals surface area (Å²) in [5.74, 6) is 1.86. The minimum Gasteiger partial charge on any atom is -0.493 e. The Labute approximate surface area is 289 Å². The quantitative estimate of drug-likeness (QED) is 0.152. The van der Waals surface area contributed by atoms with Crippen LogP contribution < -0.4 is 25.4 Å². The highest BCUT2D eigenvalue weighted by molar-refractivity contribution is 6.33. The highest BCUT2D eigenvalue weighted by Gasteiger charge is 2.29. The predicted molar refractivity (Wildman–Crippen MR) is 192 cm³/mol. The number of rotatable bonds is 14. The van der Waals surface area contributed by atoms with Gasteiger partial charge in [0.15, 0.2) is 0 Å². The minimum absolute atomic E-state index is 0.123. The summed E-state index contributed by atoms with van der Waals surface area (Å²) in [5.41, 5.74) is 7.11. The van der Waals surface area contributed by atoms with Crippen LogP contribution in [0.3, 0.4) is 0 Å². The van der Waals surface area contributed by atoms with E-state index in [2.05, 4.69) is 64.2 Å². The largest absolute Gasteiger partial charge is 0.493 e. The van der Waals surface area contributed by atoms with E-state index in [9.17, 15) is 9.18 Å². The van der Waals surface area contributed by atoms with Gasteiger partial charge >= 0.3 is 0 Å². The summed E-state index contributed by atoms with van der Waals surface area (Å²) in [6.45, 7) is 11.0. The molecule has 0 spiro atoms. The summed E-state index contributed by atoms with van der Waals surface area (Å²) in [6, 6.07) is 17.3. The molecule has 258 valence electrons. The zero-order valence-corrected chi connectivity index (χ0v) is 29.4. The molecular formula is C39H50ClFN4O3. The smallest absolute Gasteiger partial charge is 0.220 e. The summed E-state index contributed by atoms with van der Waals surface area (Å²) in [6.07, 6.45) is 5.54. The number of amides is 1. The van der Waals surface area contributed by atoms with Gasteiger partial charge in [-0.3, -0.25) is 4.79 Å². The number of carbonyl (C=O) groups excluding carboxylic acids is 1. The van der Waals surface area contributed by atoms with Crippen LogP contribution in [0.15, 0.2) is 48.5 Å². The van der Waals surface area contributed by atoms with Crippen molar-refractivity contribution in [3.8, 4) is 22.6 Å². The van der Waals surface area contributed by atoms with Crippen molar-refractivity contribution in [1.82, 2.24) is 15.5 Å². The third-order valence-electron chi connectivity index (χ3n) is 10.2. The van der Waals surface area contributed by atoms with Gasteiger partial charge < -0.3 is 30.3 Å². The van der Waals surface area contributed by atoms with Crippen LogP contribution in [0.2, 0.25) is 5.02 Å². The van der Waals surface area contributed by atoms with Crippen LogP contribution in [0.1, 0.15) is 80.7 Å². The molecule has 0 saturated carbocycles. The molecule has 9 heteroatoms. The molecule has 3 aromatic rings. The topological polar surface area (TPSA) is 74.9 Å². The average Bonchev–Trinajstić information content (AvgIpc) is 3.68. The second kappa shape index (κ2) is 15.5. The Morgan fingerprint density at radius 3 is 2.60 bits per heavy atom. The number of hydrogen-bond acceptors (Lipinski definition) is 6. The van der Waals surface area contributed by atoms with Crippen LogP contribution in [-0.2, 0) is 17.8 Å². The molecule has 7 nitrogen and oxygen atoms in total. The van der Waals surface area contributed by atoms with E-state index in [-0.39, 0.29) is 18.0 Å². The van der Waals surface area contributed by atoms with Crippen LogP contribution in [0.25, 0.3) is 11.1 Å². The van der Waals surface area contributed by atoms with Crippen molar-refractivity contribution >= 4 is 23.2 Å². The number of likely N-dealkylation sites (tertiary alicyclic amines) is 1. The maximum absolute atomic E-state index is 14.2. The predicted octanol–water partition coefficient (Wildman–Crippen LogP) is 7.77. The molecule has 1 amide bonds. The first-order valence-corrected chi connectivity index (χ1v) is 18.1. The Kier molecular flexibility index (Phi) is 11.1. The molecule has 48 heavy (non-hydrogen) atoms. The Morgan fingerprint density at radius 1 is 1.04 bits per heavy atom. The number of anilines is 1. The number of alkyl halides is 1. The molecule has 3 N–H and O–H groups in total. The van der Waals surface area contributed by atoms with E-state index < -0.39 is 5.67 Å². The van der Waals surface area contributed by atoms with E-state index in [1.54, 1.807) is 6.92 Å². The molecule has 2 atom stereocenters. The third kappa shape index (κ3) is 8.27. The molecule has 2 heterocycles. The van der Waals surface area contributed by atoms with Crippen molar-refractivity contribution in [1.29, 1.82) is 0 Å². The Morgan fingerprint density at radius 2 is 1.83 bits per heavy atom. The van der Waals surface area contributed by atoms with Crippen molar-refractivity contribution in [2.24, 2.45) is 0 Å². The first-order valence-electron chi connectivity index (χ1n) is 17.7. The number of hydrogen-bond donors (Lipinski definition) is 3. The van der Waals surface area contributed by atoms with Gasteiger partial charge in [-0.05, 0) is 99.2 Å². The monoisotopic (exact) mass is 676 g/mol. The second-order valence-corrected chi connectivity index (χ2v) is 14.2. The van der Waals surface area contributed by atoms with Crippen LogP contribution in [-0.4, -0.2) is 61.9 Å². The average molecular weight is 677 g/mol. The SMILES string of the molecule is CCOc1cc(NC2CCc3c(-c4cccc(OCCCN5CCC(C)(F)CC5)c4C)cccc32)c(Cl)cc1CNC[C@@H]1CCC(=O)N1. The zero-order chi connectivity index (χ0) is 33.7. The lowest BCUT2D eigenvalue weighted by Gasteiger charge is -2.34. The van der Waals surface area contributed by atoms with Gasteiger partial charge in [-0.25, -0.2) is 4.39 Å². The minimum atomic E-state index is -1.01. The fraction of sp³-hybridized carbons (Fsp3) is 0.513. The fourth-order valence-electron chi connectivity index (χ4n) is 7.36. The van der Waals surface area contributed by atoms with Crippen LogP contribution >= 0.6 is 11.6 Å². The van der Waals surface area contributed by atoms with Gasteiger partial charge in [-0.15, -0.1) is 0 Å². The van der Waals surface area contributed by atoms with Gasteiger partial charge in [0.25, 0.3) is 0 Å². The lowest BCUT2D eigenvalue weighted by Crippen LogP contribution is -2.40. The van der Waals surface area contributed by atoms with Crippen molar-refractivity contribution in [3.63, 3.8) is 0 Å². The molecule has 0 radical (unpaired) electrons. The van der Waals surface area contributed by atoms with Gasteiger partial charge in [0.2, 0.25) is 5.91 Å². The molecule has 0 bridgehead atoms. The van der Waals surface area contributed by atoms with Gasteiger partial charge in [-0.2, -0.15) is 0 Å². The maximum atomic E-state index is 14.2. The number of nitrogens with zero attached hydrogens (tertiary/aromatic N) is 1. The van der Waals surface area contributed by atoms with Gasteiger partial charge in [0, 0.05) is 56.8 Å². The van der Waals surface area contributed by atoms with Crippen LogP contribution in [0.5, 0.6) is 11.5 Å². The Bertz CT molecular complexity index is 1590. The number of piperidine rings is 1. The maximum Gasteiger partial charge on any atom is 0.220 e. The standard InChI is InChI=1S/C39H50ClFN4O3/c1-4-47-37-23-35(33(40)22-27(37)24-42-25-28-12-15-38(46)43-28)44-34-14-13-31-30(9-5-10-32(31)34)29-8-6-11-36(26(29)2)48-21-7-18-45-19-16-39(3,41)17-20-45/h5-6,8-11,22-23,28,34,42,44H,4,7,12-21,24-25H2,1-3H3,(H,43,46)/t28-,34?/m0/s1. The number of halogens is 2. The summed E-state index contributed by atoms with van der Waals surface area (Å²) in [4.78, 5) is 13.9. The molecule has 2 fully saturated rings. The molecule has 0 aromatic heterocycles. The first kappa shape index (κ1) is 34.5. The van der Waals surface area contributed by atoms with Crippen molar-refractivity contribution in [3.05, 3.63) is 75.8 Å². The van der Waals surface area contributed by atoms with Gasteiger partial charge in [0.1, 0.15) is 17.2 Å². The molecule has 2 aliphatic heterocycles. The first-order chi connectivity index (χ1) is 23.2. The number of benzene rings is 3. The zero-order valence-electron chi connectivity index (χ0n) is 28.6. The highest BCUT2D eigenvalue weighted by atomic mass is 35.5. The normalized spacial score (nSPS) is 20.4. The van der Waals surface area contributed by atoms with Gasteiger partial charge in [-0.1, -0.05) is 41.9 Å². The van der Waals surface area contributed by atoms with Crippen molar-refractivity contribution in [2.75, 3.05) is 44.7 Å². The fourth-order valence-corrected chi connectivity index (χ4v) is 7.61. The lowest BCUT2D eigenvalue weighted by molar-refractivity contribution is -0.119. The second-order valence-electron chi connectivity index (χ2n) is 13.8. The van der Waals surface area contributed by atoms with E-state index in [0.717, 1.165) is 73.6 Å². The van der Waals surface area contributed by atoms with Gasteiger partial charge in [0.05, 0.1) is 30.0 Å². The molecule has 3 aliphatic rings. The number of ether oxygens (including phenoxy) is 2. The van der Waals surface area contributed by atoms with Crippen LogP contribution in [0.4, 0.5) is 10.1 Å². The molecular weight excluding hydrogens is 627 g/mol. The number of carbonyl (C=O) groups is 1. The summed E-state index contributed by atoms with van der Waals surface area (Å²) >= 11 is 6.87. The molecule has 6 rings (SSSR count). The van der Waals surface area contributed by atoms with Crippen molar-refractivity contribution in [2.45, 2.75) is 90.0 Å². The van der Waals surface area contributed by atoms with E-state index in [0.29, 0.717) is 50.6 Å². The summed E-state index contributed by atoms with van der Waals surface area (Å²) in [7, 11) is 0. The lowest BCUT2D eigenvalue weighted by atomic mass is 9.93. The Hall–Kier alpha value is -3.33. The van der Waals surface area contributed by atoms with Crippen LogP contribution in [0, 0.1) is 6.92 Å². The van der Waals surface area contributed by atoms with Crippen molar-refractivity contribution < 1.29 is 18.7 Å². The summed E-state index contributed by atoms with van der Waals surface area (Å²) < 4.78 is 26.5. The molecule has 1 aliphatic carbocycles. The summed E-state index contributed by atoms with van der Waals surface area (Å²) in [5, 5.41) is 10.9. The molecule has 2 saturated heterocycles. The van der Waals surface area contributed by atoms with E-state index in [1.807, 2.05) is 19.1 Å². The molecule has 3 aromatic carbocycles. The third-order valence-corrected chi connectivity index (χ3v) is 10.5. The highest BCUT2D eigenvalue weighted by Crippen LogP contribution is 2.43. The van der Waals surface area contributed by atoms with E-state index in [1.165, 1.54) is 22.3 Å². The molecule has 1 unspecified atom stereocenters.